The third-order valence-corrected chi connectivity index (χ3v) is 6.13. The molecule has 1 aliphatic heterocycles. The van der Waals surface area contributed by atoms with Gasteiger partial charge in [-0.05, 0) is 17.7 Å². The van der Waals surface area contributed by atoms with Gasteiger partial charge in [-0.1, -0.05) is 6.92 Å². The first-order chi connectivity index (χ1) is 16.4. The smallest absolute Gasteiger partial charge is 0.329 e. The van der Waals surface area contributed by atoms with Crippen LogP contribution in [0, 0.1) is 0 Å². The predicted molar refractivity (Wildman–Crippen MR) is 135 cm³/mol. The maximum absolute atomic E-state index is 13.3. The number of aromatic nitrogens is 2. The molecule has 0 bridgehead atoms. The molecule has 2 heterocycles. The van der Waals surface area contributed by atoms with Crippen molar-refractivity contribution in [3.63, 3.8) is 0 Å². The van der Waals surface area contributed by atoms with Gasteiger partial charge < -0.3 is 23.7 Å². The van der Waals surface area contributed by atoms with Gasteiger partial charge >= 0.3 is 5.69 Å². The van der Waals surface area contributed by atoms with Crippen LogP contribution in [0.2, 0.25) is 0 Å². The predicted octanol–water partition coefficient (Wildman–Crippen LogP) is 3.67. The van der Waals surface area contributed by atoms with Crippen LogP contribution in [0.4, 0.5) is 5.69 Å². The Kier molecular flexibility index (Phi) is 7.70. The third kappa shape index (κ3) is 4.43. The monoisotopic (exact) mass is 503 g/mol. The molecule has 1 aliphatic rings. The highest BCUT2D eigenvalue weighted by molar-refractivity contribution is 5.85. The lowest BCUT2D eigenvalue weighted by molar-refractivity contribution is 0.324. The fourth-order valence-corrected chi connectivity index (χ4v) is 4.35. The van der Waals surface area contributed by atoms with Crippen LogP contribution in [0.3, 0.4) is 0 Å². The summed E-state index contributed by atoms with van der Waals surface area (Å²) in [5.74, 6) is 2.82. The fourth-order valence-electron chi connectivity index (χ4n) is 4.35. The molecular formula is C25H30ClN3O6. The Morgan fingerprint density at radius 2 is 1.40 bits per heavy atom. The average Bonchev–Trinajstić information content (AvgIpc) is 2.86. The lowest BCUT2D eigenvalue weighted by Gasteiger charge is -2.28. The molecule has 10 heteroatoms. The maximum atomic E-state index is 13.3. The number of methoxy groups -OCH3 is 5. The van der Waals surface area contributed by atoms with Crippen molar-refractivity contribution in [2.45, 2.75) is 19.4 Å². The Balaban J connectivity index is 0.00000342. The van der Waals surface area contributed by atoms with Gasteiger partial charge in [0, 0.05) is 43.3 Å². The summed E-state index contributed by atoms with van der Waals surface area (Å²) in [6, 6.07) is 9.28. The zero-order chi connectivity index (χ0) is 24.6. The van der Waals surface area contributed by atoms with E-state index in [2.05, 4.69) is 6.92 Å². The third-order valence-electron chi connectivity index (χ3n) is 6.13. The standard InChI is InChI=1S/C25H29N3O6.ClH/c1-14-13-28-18(17-11-20(31-4)19(30-3)10-16(14)17)12-23(27(2)25(28)29)26-15-8-21(32-5)24(34-7)22(9-15)33-6;/h8-12,14H,13H2,1-7H3;1H. The highest BCUT2D eigenvalue weighted by Gasteiger charge is 2.26. The lowest BCUT2D eigenvalue weighted by Crippen LogP contribution is -2.41. The second-order valence-electron chi connectivity index (χ2n) is 8.03. The molecule has 0 N–H and O–H groups in total. The molecule has 35 heavy (non-hydrogen) atoms. The van der Waals surface area contributed by atoms with Crippen LogP contribution in [0.1, 0.15) is 18.4 Å². The normalized spacial score (nSPS) is 14.4. The second-order valence-corrected chi connectivity index (χ2v) is 8.03. The summed E-state index contributed by atoms with van der Waals surface area (Å²) >= 11 is 0. The van der Waals surface area contributed by atoms with Crippen LogP contribution in [-0.2, 0) is 13.6 Å². The van der Waals surface area contributed by atoms with Crippen molar-refractivity contribution >= 4 is 18.1 Å². The van der Waals surface area contributed by atoms with E-state index < -0.39 is 0 Å². The molecule has 0 radical (unpaired) electrons. The summed E-state index contributed by atoms with van der Waals surface area (Å²) < 4.78 is 30.6. The molecule has 1 aromatic heterocycles. The van der Waals surface area contributed by atoms with Crippen LogP contribution in [0.5, 0.6) is 28.7 Å². The maximum Gasteiger partial charge on any atom is 0.329 e. The molecule has 0 aliphatic carbocycles. The molecule has 0 spiro atoms. The molecule has 0 amide bonds. The average molecular weight is 504 g/mol. The van der Waals surface area contributed by atoms with Gasteiger partial charge in [0.1, 0.15) is 5.49 Å². The van der Waals surface area contributed by atoms with Gasteiger partial charge in [-0.2, -0.15) is 0 Å². The summed E-state index contributed by atoms with van der Waals surface area (Å²) in [6.07, 6.45) is 0. The van der Waals surface area contributed by atoms with Crippen molar-refractivity contribution in [1.82, 2.24) is 9.13 Å². The minimum absolute atomic E-state index is 0. The number of hydrogen-bond acceptors (Lipinski definition) is 7. The topological polar surface area (TPSA) is 85.4 Å². The van der Waals surface area contributed by atoms with Gasteiger partial charge in [-0.25, -0.2) is 9.79 Å². The van der Waals surface area contributed by atoms with Crippen molar-refractivity contribution in [3.8, 4) is 40.0 Å². The van der Waals surface area contributed by atoms with E-state index in [1.54, 1.807) is 59.3 Å². The van der Waals surface area contributed by atoms with Crippen LogP contribution in [0.25, 0.3) is 11.3 Å². The van der Waals surface area contributed by atoms with Crippen molar-refractivity contribution in [3.05, 3.63) is 51.9 Å². The molecular weight excluding hydrogens is 474 g/mol. The Morgan fingerprint density at radius 3 is 1.94 bits per heavy atom. The quantitative estimate of drug-likeness (QED) is 0.510. The Bertz CT molecular complexity index is 1350. The molecule has 2 aromatic carbocycles. The zero-order valence-electron chi connectivity index (χ0n) is 20.9. The largest absolute Gasteiger partial charge is 0.493 e. The lowest BCUT2D eigenvalue weighted by atomic mass is 9.89. The molecule has 1 unspecified atom stereocenters. The number of rotatable bonds is 6. The number of nitrogens with zero attached hydrogens (tertiary/aromatic N) is 3. The van der Waals surface area contributed by atoms with Crippen molar-refractivity contribution in [1.29, 1.82) is 0 Å². The first-order valence-electron chi connectivity index (χ1n) is 10.8. The number of fused-ring (bicyclic) bond motifs is 3. The van der Waals surface area contributed by atoms with Gasteiger partial charge in [0.2, 0.25) is 5.75 Å². The number of ether oxygens (including phenoxy) is 5. The van der Waals surface area contributed by atoms with Crippen LogP contribution in [-0.4, -0.2) is 44.7 Å². The molecule has 9 nitrogen and oxygen atoms in total. The van der Waals surface area contributed by atoms with E-state index in [1.165, 1.54) is 4.57 Å². The minimum atomic E-state index is -0.157. The van der Waals surface area contributed by atoms with Gasteiger partial charge in [-0.3, -0.25) is 9.13 Å². The number of hydrogen-bond donors (Lipinski definition) is 0. The fraction of sp³-hybridized carbons (Fsp3) is 0.360. The van der Waals surface area contributed by atoms with E-state index in [9.17, 15) is 4.79 Å². The van der Waals surface area contributed by atoms with Gasteiger partial charge in [0.25, 0.3) is 0 Å². The highest BCUT2D eigenvalue weighted by Crippen LogP contribution is 2.42. The summed E-state index contributed by atoms with van der Waals surface area (Å²) in [4.78, 5) is 18.1. The molecule has 0 fully saturated rings. The first kappa shape index (κ1) is 26.0. The van der Waals surface area contributed by atoms with Gasteiger partial charge in [0.05, 0.1) is 46.9 Å². The van der Waals surface area contributed by atoms with E-state index >= 15 is 0 Å². The van der Waals surface area contributed by atoms with E-state index in [4.69, 9.17) is 28.7 Å². The SMILES string of the molecule is COc1cc2c(cc1OC)C(C)Cn1c-2cc(=Nc2cc(OC)c(OC)c(OC)c2)n(C)c1=O.Cl. The van der Waals surface area contributed by atoms with Crippen LogP contribution in [0.15, 0.2) is 40.1 Å². The van der Waals surface area contributed by atoms with Crippen LogP contribution >= 0.6 is 12.4 Å². The van der Waals surface area contributed by atoms with Crippen molar-refractivity contribution in [2.75, 3.05) is 35.5 Å². The van der Waals surface area contributed by atoms with Crippen molar-refractivity contribution in [2.24, 2.45) is 12.0 Å². The molecule has 3 aromatic rings. The molecule has 188 valence electrons. The van der Waals surface area contributed by atoms with E-state index in [0.717, 1.165) is 16.8 Å². The number of benzene rings is 2. The summed E-state index contributed by atoms with van der Waals surface area (Å²) in [5, 5.41) is 0. The summed E-state index contributed by atoms with van der Waals surface area (Å²) in [5.41, 5.74) is 3.66. The van der Waals surface area contributed by atoms with E-state index in [0.29, 0.717) is 46.5 Å². The Morgan fingerprint density at radius 1 is 0.829 bits per heavy atom. The molecule has 0 saturated heterocycles. The second kappa shape index (κ2) is 10.4. The highest BCUT2D eigenvalue weighted by atomic mass is 35.5. The summed E-state index contributed by atoms with van der Waals surface area (Å²) in [6.45, 7) is 2.64. The molecule has 4 rings (SSSR count). The van der Waals surface area contributed by atoms with E-state index in [1.807, 2.05) is 18.2 Å². The van der Waals surface area contributed by atoms with Gasteiger partial charge in [-0.15, -0.1) is 12.4 Å². The Hall–Kier alpha value is -3.59. The number of halogens is 1. The minimum Gasteiger partial charge on any atom is -0.493 e. The molecule has 1 atom stereocenters. The van der Waals surface area contributed by atoms with Crippen molar-refractivity contribution < 1.29 is 23.7 Å². The van der Waals surface area contributed by atoms with E-state index in [-0.39, 0.29) is 24.0 Å². The molecule has 0 saturated carbocycles. The Labute approximate surface area is 209 Å². The first-order valence-corrected chi connectivity index (χ1v) is 10.8. The summed E-state index contributed by atoms with van der Waals surface area (Å²) in [7, 11) is 9.56. The zero-order valence-corrected chi connectivity index (χ0v) is 21.7. The van der Waals surface area contributed by atoms with Crippen LogP contribution < -0.4 is 34.9 Å². The van der Waals surface area contributed by atoms with Gasteiger partial charge in [0.15, 0.2) is 23.0 Å².